The number of nitrogens with zero attached hydrogens (tertiary/aromatic N) is 1. The molecule has 0 saturated carbocycles. The minimum Gasteiger partial charge on any atom is -0.494 e. The van der Waals surface area contributed by atoms with E-state index in [1.165, 1.54) is 12.7 Å². The van der Waals surface area contributed by atoms with Gasteiger partial charge in [0.05, 0.1) is 13.7 Å². The van der Waals surface area contributed by atoms with E-state index in [-0.39, 0.29) is 5.82 Å². The van der Waals surface area contributed by atoms with E-state index in [9.17, 15) is 4.39 Å². The molecule has 1 heterocycles. The molecule has 0 spiro atoms. The first-order valence-electron chi connectivity index (χ1n) is 7.40. The average molecular weight is 290 g/mol. The third kappa shape index (κ3) is 3.64. The number of benzene rings is 1. The van der Waals surface area contributed by atoms with Gasteiger partial charge in [-0.1, -0.05) is 26.0 Å². The average Bonchev–Trinajstić information content (AvgIpc) is 2.95. The molecule has 114 valence electrons. The highest BCUT2D eigenvalue weighted by Crippen LogP contribution is 2.22. The van der Waals surface area contributed by atoms with Crippen molar-refractivity contribution in [3.8, 4) is 5.75 Å². The predicted octanol–water partition coefficient (Wildman–Crippen LogP) is 3.74. The molecule has 0 radical (unpaired) electrons. The van der Waals surface area contributed by atoms with Gasteiger partial charge in [-0.15, -0.1) is 0 Å². The molecule has 4 heteroatoms. The number of ether oxygens (including phenoxy) is 1. The Balaban J connectivity index is 2.16. The van der Waals surface area contributed by atoms with Crippen LogP contribution in [0.15, 0.2) is 36.7 Å². The van der Waals surface area contributed by atoms with Crippen molar-refractivity contribution >= 4 is 0 Å². The van der Waals surface area contributed by atoms with Gasteiger partial charge in [-0.2, -0.15) is 0 Å². The maximum Gasteiger partial charge on any atom is 0.170 e. The van der Waals surface area contributed by atoms with Gasteiger partial charge in [0.25, 0.3) is 0 Å². The molecule has 0 aliphatic rings. The van der Waals surface area contributed by atoms with Crippen molar-refractivity contribution in [2.75, 3.05) is 13.7 Å². The van der Waals surface area contributed by atoms with Gasteiger partial charge >= 0.3 is 0 Å². The quantitative estimate of drug-likeness (QED) is 0.840. The first-order chi connectivity index (χ1) is 10.2. The number of halogens is 1. The molecule has 1 N–H and O–H groups in total. The molecule has 0 aliphatic heterocycles. The third-order valence-corrected chi connectivity index (χ3v) is 3.65. The predicted molar refractivity (Wildman–Crippen MR) is 83.2 cm³/mol. The number of hydrogen-bond donors (Lipinski definition) is 1. The number of methoxy groups -OCH3 is 1. The molecular weight excluding hydrogens is 267 g/mol. The molecule has 1 unspecified atom stereocenters. The molecule has 0 bridgehead atoms. The molecule has 0 fully saturated rings. The summed E-state index contributed by atoms with van der Waals surface area (Å²) in [7, 11) is 1.48. The van der Waals surface area contributed by atoms with Crippen LogP contribution in [-0.4, -0.2) is 18.2 Å². The molecule has 3 nitrogen and oxygen atoms in total. The highest BCUT2D eigenvalue weighted by Gasteiger charge is 2.11. The Kier molecular flexibility index (Phi) is 5.39. The first kappa shape index (κ1) is 15.6. The van der Waals surface area contributed by atoms with Gasteiger partial charge in [-0.3, -0.25) is 0 Å². The highest BCUT2D eigenvalue weighted by atomic mass is 19.1. The normalized spacial score (nSPS) is 12.4. The fourth-order valence-corrected chi connectivity index (χ4v) is 2.54. The van der Waals surface area contributed by atoms with E-state index in [1.54, 1.807) is 12.1 Å². The maximum atomic E-state index is 14.2. The van der Waals surface area contributed by atoms with E-state index in [2.05, 4.69) is 31.4 Å². The monoisotopic (exact) mass is 290 g/mol. The van der Waals surface area contributed by atoms with Crippen LogP contribution >= 0.6 is 0 Å². The Bertz CT molecular complexity index is 580. The van der Waals surface area contributed by atoms with Crippen LogP contribution in [0.3, 0.4) is 0 Å². The number of hydrogen-bond acceptors (Lipinski definition) is 2. The van der Waals surface area contributed by atoms with Crippen molar-refractivity contribution in [3.63, 3.8) is 0 Å². The Morgan fingerprint density at radius 1 is 1.29 bits per heavy atom. The van der Waals surface area contributed by atoms with Gasteiger partial charge in [-0.05, 0) is 30.7 Å². The van der Waals surface area contributed by atoms with E-state index < -0.39 is 0 Å². The summed E-state index contributed by atoms with van der Waals surface area (Å²) < 4.78 is 21.2. The Hall–Kier alpha value is -1.81. The minimum absolute atomic E-state index is 0.283. The highest BCUT2D eigenvalue weighted by molar-refractivity contribution is 5.31. The second kappa shape index (κ2) is 7.27. The van der Waals surface area contributed by atoms with Crippen molar-refractivity contribution < 1.29 is 9.13 Å². The van der Waals surface area contributed by atoms with Crippen LogP contribution in [0.1, 0.15) is 37.4 Å². The summed E-state index contributed by atoms with van der Waals surface area (Å²) in [4.78, 5) is 0. The van der Waals surface area contributed by atoms with Crippen LogP contribution in [0.5, 0.6) is 5.75 Å². The van der Waals surface area contributed by atoms with E-state index in [1.807, 2.05) is 16.8 Å². The summed E-state index contributed by atoms with van der Waals surface area (Å²) in [6, 6.07) is 7.69. The lowest BCUT2D eigenvalue weighted by Crippen LogP contribution is -2.19. The first-order valence-corrected chi connectivity index (χ1v) is 7.40. The Morgan fingerprint density at radius 2 is 2.10 bits per heavy atom. The molecule has 2 aromatic rings. The molecule has 0 saturated heterocycles. The molecule has 2 rings (SSSR count). The molecular formula is C17H23FN2O. The lowest BCUT2D eigenvalue weighted by atomic mass is 10.1. The number of nitrogens with one attached hydrogen (secondary N) is 1. The summed E-state index contributed by atoms with van der Waals surface area (Å²) in [5.74, 6) is 0.00735. The van der Waals surface area contributed by atoms with Gasteiger partial charge < -0.3 is 14.6 Å². The molecule has 21 heavy (non-hydrogen) atoms. The summed E-state index contributed by atoms with van der Waals surface area (Å²) >= 11 is 0. The standard InChI is InChI=1S/C17H23FN2O/c1-4-15(19-5-2)13-9-10-20(11-13)12-14-7-6-8-16(21-3)17(14)18/h6-11,15,19H,4-5,12H2,1-3H3. The van der Waals surface area contributed by atoms with Crippen LogP contribution < -0.4 is 10.1 Å². The lowest BCUT2D eigenvalue weighted by molar-refractivity contribution is 0.383. The zero-order valence-electron chi connectivity index (χ0n) is 12.9. The van der Waals surface area contributed by atoms with Crippen molar-refractivity contribution in [2.24, 2.45) is 0 Å². The zero-order valence-corrected chi connectivity index (χ0v) is 12.9. The fraction of sp³-hybridized carbons (Fsp3) is 0.412. The second-order valence-electron chi connectivity index (χ2n) is 5.07. The maximum absolute atomic E-state index is 14.2. The number of rotatable bonds is 7. The van der Waals surface area contributed by atoms with Crippen LogP contribution in [0.4, 0.5) is 4.39 Å². The van der Waals surface area contributed by atoms with Crippen molar-refractivity contribution in [1.82, 2.24) is 9.88 Å². The summed E-state index contributed by atoms with van der Waals surface area (Å²) in [5, 5.41) is 3.45. The van der Waals surface area contributed by atoms with E-state index >= 15 is 0 Å². The van der Waals surface area contributed by atoms with Crippen LogP contribution in [0.2, 0.25) is 0 Å². The molecule has 0 amide bonds. The third-order valence-electron chi connectivity index (χ3n) is 3.65. The van der Waals surface area contributed by atoms with Gasteiger partial charge in [-0.25, -0.2) is 4.39 Å². The van der Waals surface area contributed by atoms with Gasteiger partial charge in [0.15, 0.2) is 11.6 Å². The zero-order chi connectivity index (χ0) is 15.2. The molecule has 1 atom stereocenters. The fourth-order valence-electron chi connectivity index (χ4n) is 2.54. The Labute approximate surface area is 125 Å². The van der Waals surface area contributed by atoms with Crippen molar-refractivity contribution in [3.05, 3.63) is 53.6 Å². The second-order valence-corrected chi connectivity index (χ2v) is 5.07. The van der Waals surface area contributed by atoms with E-state index in [0.29, 0.717) is 23.9 Å². The van der Waals surface area contributed by atoms with Crippen LogP contribution in [0.25, 0.3) is 0 Å². The molecule has 0 aliphatic carbocycles. The SMILES string of the molecule is CCNC(CC)c1ccn(Cc2cccc(OC)c2F)c1. The molecule has 1 aromatic heterocycles. The van der Waals surface area contributed by atoms with Crippen LogP contribution in [0, 0.1) is 5.82 Å². The Morgan fingerprint density at radius 3 is 2.76 bits per heavy atom. The smallest absolute Gasteiger partial charge is 0.170 e. The van der Waals surface area contributed by atoms with Crippen LogP contribution in [-0.2, 0) is 6.54 Å². The topological polar surface area (TPSA) is 26.2 Å². The summed E-state index contributed by atoms with van der Waals surface area (Å²) in [6.07, 6.45) is 5.11. The lowest BCUT2D eigenvalue weighted by Gasteiger charge is -2.14. The van der Waals surface area contributed by atoms with E-state index in [4.69, 9.17) is 4.74 Å². The van der Waals surface area contributed by atoms with Gasteiger partial charge in [0.1, 0.15) is 0 Å². The number of aromatic nitrogens is 1. The largest absolute Gasteiger partial charge is 0.494 e. The molecule has 1 aromatic carbocycles. The van der Waals surface area contributed by atoms with E-state index in [0.717, 1.165) is 13.0 Å². The minimum atomic E-state index is -0.283. The van der Waals surface area contributed by atoms with Gasteiger partial charge in [0.2, 0.25) is 0 Å². The van der Waals surface area contributed by atoms with Crippen molar-refractivity contribution in [2.45, 2.75) is 32.9 Å². The summed E-state index contributed by atoms with van der Waals surface area (Å²) in [6.45, 7) is 5.71. The van der Waals surface area contributed by atoms with Gasteiger partial charge in [0, 0.05) is 24.0 Å². The van der Waals surface area contributed by atoms with Crippen molar-refractivity contribution in [1.29, 1.82) is 0 Å². The summed E-state index contributed by atoms with van der Waals surface area (Å²) in [5.41, 5.74) is 1.87.